The van der Waals surface area contributed by atoms with Crippen LogP contribution in [0.2, 0.25) is 0 Å². The summed E-state index contributed by atoms with van der Waals surface area (Å²) in [6.07, 6.45) is 1.71. The molecule has 1 aromatic rings. The molecule has 1 aliphatic rings. The molecule has 0 bridgehead atoms. The molecule has 1 fully saturated rings. The molecule has 0 saturated heterocycles. The van der Waals surface area contributed by atoms with E-state index in [2.05, 4.69) is 0 Å². The Balaban J connectivity index is 1.98. The summed E-state index contributed by atoms with van der Waals surface area (Å²) in [5, 5.41) is 0. The lowest BCUT2D eigenvalue weighted by Crippen LogP contribution is -2.33. The van der Waals surface area contributed by atoms with E-state index in [-0.39, 0.29) is 18.2 Å². The van der Waals surface area contributed by atoms with Crippen LogP contribution in [0.25, 0.3) is 0 Å². The molecule has 0 spiro atoms. The van der Waals surface area contributed by atoms with Gasteiger partial charge in [0.1, 0.15) is 11.9 Å². The molecule has 0 aliphatic heterocycles. The van der Waals surface area contributed by atoms with Gasteiger partial charge in [-0.2, -0.15) is 0 Å². The van der Waals surface area contributed by atoms with Crippen molar-refractivity contribution < 1.29 is 4.74 Å². The summed E-state index contributed by atoms with van der Waals surface area (Å²) in [5.41, 5.74) is 18.4. The van der Waals surface area contributed by atoms with Gasteiger partial charge in [-0.1, -0.05) is 12.1 Å². The molecule has 88 valence electrons. The molecule has 1 aromatic carbocycles. The molecule has 1 unspecified atom stereocenters. The lowest BCUT2D eigenvalue weighted by atomic mass is 10.2. The van der Waals surface area contributed by atoms with Crippen LogP contribution in [0.3, 0.4) is 0 Å². The topological polar surface area (TPSA) is 87.3 Å². The van der Waals surface area contributed by atoms with Crippen LogP contribution in [-0.2, 0) is 6.54 Å². The second-order valence-electron chi connectivity index (χ2n) is 4.40. The van der Waals surface area contributed by atoms with E-state index >= 15 is 0 Å². The predicted octanol–water partition coefficient (Wildman–Crippen LogP) is 0.341. The van der Waals surface area contributed by atoms with E-state index in [0.717, 1.165) is 24.2 Å². The standard InChI is InChI=1S/C12H19N3O/c13-7-8-1-3-10(4-2-8)16-12-6-9(14)5-11(12)15/h1-4,9,11-12H,5-7,13-15H2/t9-,11+,12?/m1/s1. The minimum atomic E-state index is 0.0405. The first-order valence-corrected chi connectivity index (χ1v) is 5.66. The highest BCUT2D eigenvalue weighted by molar-refractivity contribution is 5.27. The SMILES string of the molecule is NCc1ccc(OC2C[C@H](N)C[C@@H]2N)cc1. The zero-order chi connectivity index (χ0) is 11.5. The fourth-order valence-corrected chi connectivity index (χ4v) is 2.09. The molecule has 16 heavy (non-hydrogen) atoms. The molecule has 4 nitrogen and oxygen atoms in total. The second kappa shape index (κ2) is 4.82. The van der Waals surface area contributed by atoms with E-state index in [4.69, 9.17) is 21.9 Å². The second-order valence-corrected chi connectivity index (χ2v) is 4.40. The Morgan fingerprint density at radius 3 is 2.31 bits per heavy atom. The summed E-state index contributed by atoms with van der Waals surface area (Å²) in [6.45, 7) is 0.550. The van der Waals surface area contributed by atoms with Crippen molar-refractivity contribution in [1.29, 1.82) is 0 Å². The summed E-state index contributed by atoms with van der Waals surface area (Å²) < 4.78 is 5.81. The lowest BCUT2D eigenvalue weighted by Gasteiger charge is -2.17. The zero-order valence-electron chi connectivity index (χ0n) is 9.30. The maximum atomic E-state index is 5.95. The molecule has 4 heteroatoms. The van der Waals surface area contributed by atoms with Crippen molar-refractivity contribution in [2.75, 3.05) is 0 Å². The van der Waals surface area contributed by atoms with Crippen LogP contribution in [0.1, 0.15) is 18.4 Å². The number of rotatable bonds is 3. The van der Waals surface area contributed by atoms with Gasteiger partial charge in [-0.15, -0.1) is 0 Å². The summed E-state index contributed by atoms with van der Waals surface area (Å²) in [7, 11) is 0. The van der Waals surface area contributed by atoms with Crippen LogP contribution >= 0.6 is 0 Å². The lowest BCUT2D eigenvalue weighted by molar-refractivity contribution is 0.190. The van der Waals surface area contributed by atoms with Crippen molar-refractivity contribution >= 4 is 0 Å². The average Bonchev–Trinajstić information content (AvgIpc) is 2.59. The highest BCUT2D eigenvalue weighted by atomic mass is 16.5. The third-order valence-electron chi connectivity index (χ3n) is 3.03. The van der Waals surface area contributed by atoms with Gasteiger partial charge in [0.2, 0.25) is 0 Å². The number of hydrogen-bond acceptors (Lipinski definition) is 4. The molecule has 1 saturated carbocycles. The smallest absolute Gasteiger partial charge is 0.119 e. The molecule has 0 heterocycles. The highest BCUT2D eigenvalue weighted by Gasteiger charge is 2.31. The Kier molecular flexibility index (Phi) is 3.43. The molecular weight excluding hydrogens is 202 g/mol. The van der Waals surface area contributed by atoms with Crippen molar-refractivity contribution in [3.8, 4) is 5.75 Å². The van der Waals surface area contributed by atoms with E-state index in [0.29, 0.717) is 6.54 Å². The predicted molar refractivity (Wildman–Crippen MR) is 63.9 cm³/mol. The van der Waals surface area contributed by atoms with Crippen molar-refractivity contribution in [1.82, 2.24) is 0 Å². The normalized spacial score (nSPS) is 29.3. The van der Waals surface area contributed by atoms with E-state index < -0.39 is 0 Å². The Morgan fingerprint density at radius 1 is 1.12 bits per heavy atom. The summed E-state index contributed by atoms with van der Waals surface area (Å²) in [5.74, 6) is 0.840. The molecular formula is C12H19N3O. The maximum Gasteiger partial charge on any atom is 0.119 e. The van der Waals surface area contributed by atoms with Crippen LogP contribution < -0.4 is 21.9 Å². The van der Waals surface area contributed by atoms with Gasteiger partial charge in [0.05, 0.1) is 0 Å². The van der Waals surface area contributed by atoms with Gasteiger partial charge in [-0.05, 0) is 24.1 Å². The third kappa shape index (κ3) is 2.52. The Bertz CT molecular complexity index is 339. The van der Waals surface area contributed by atoms with Crippen LogP contribution in [0.5, 0.6) is 5.75 Å². The number of hydrogen-bond donors (Lipinski definition) is 3. The number of nitrogens with two attached hydrogens (primary N) is 3. The fourth-order valence-electron chi connectivity index (χ4n) is 2.09. The van der Waals surface area contributed by atoms with Crippen LogP contribution in [0.4, 0.5) is 0 Å². The third-order valence-corrected chi connectivity index (χ3v) is 3.03. The number of benzene rings is 1. The van der Waals surface area contributed by atoms with Crippen LogP contribution in [0.15, 0.2) is 24.3 Å². The van der Waals surface area contributed by atoms with Gasteiger partial charge < -0.3 is 21.9 Å². The maximum absolute atomic E-state index is 5.95. The van der Waals surface area contributed by atoms with E-state index in [1.54, 1.807) is 0 Å². The van der Waals surface area contributed by atoms with Gasteiger partial charge in [0, 0.05) is 25.0 Å². The molecule has 2 rings (SSSR count). The molecule has 3 atom stereocenters. The molecule has 0 aromatic heterocycles. The minimum absolute atomic E-state index is 0.0405. The molecule has 0 amide bonds. The monoisotopic (exact) mass is 221 g/mol. The first-order valence-electron chi connectivity index (χ1n) is 5.66. The van der Waals surface area contributed by atoms with Crippen molar-refractivity contribution in [2.45, 2.75) is 37.6 Å². The van der Waals surface area contributed by atoms with Crippen LogP contribution in [-0.4, -0.2) is 18.2 Å². The molecule has 1 aliphatic carbocycles. The Morgan fingerprint density at radius 2 is 1.81 bits per heavy atom. The largest absolute Gasteiger partial charge is 0.489 e. The first-order chi connectivity index (χ1) is 7.69. The van der Waals surface area contributed by atoms with Gasteiger partial charge in [0.25, 0.3) is 0 Å². The number of ether oxygens (including phenoxy) is 1. The van der Waals surface area contributed by atoms with E-state index in [9.17, 15) is 0 Å². The Hall–Kier alpha value is -1.10. The van der Waals surface area contributed by atoms with Gasteiger partial charge >= 0.3 is 0 Å². The summed E-state index contributed by atoms with van der Waals surface area (Å²) in [4.78, 5) is 0. The van der Waals surface area contributed by atoms with Crippen molar-refractivity contribution in [3.05, 3.63) is 29.8 Å². The first kappa shape index (κ1) is 11.4. The van der Waals surface area contributed by atoms with Gasteiger partial charge in [-0.25, -0.2) is 0 Å². The minimum Gasteiger partial charge on any atom is -0.489 e. The average molecular weight is 221 g/mol. The van der Waals surface area contributed by atoms with Crippen LogP contribution in [0, 0.1) is 0 Å². The Labute approximate surface area is 95.7 Å². The van der Waals surface area contributed by atoms with Gasteiger partial charge in [-0.3, -0.25) is 0 Å². The summed E-state index contributed by atoms with van der Waals surface area (Å²) in [6, 6.07) is 8.01. The van der Waals surface area contributed by atoms with Crippen molar-refractivity contribution in [3.63, 3.8) is 0 Å². The van der Waals surface area contributed by atoms with E-state index in [1.807, 2.05) is 24.3 Å². The van der Waals surface area contributed by atoms with Crippen molar-refractivity contribution in [2.24, 2.45) is 17.2 Å². The van der Waals surface area contributed by atoms with E-state index in [1.165, 1.54) is 0 Å². The highest BCUT2D eigenvalue weighted by Crippen LogP contribution is 2.23. The fraction of sp³-hybridized carbons (Fsp3) is 0.500. The quantitative estimate of drug-likeness (QED) is 0.687. The molecule has 6 N–H and O–H groups in total. The summed E-state index contributed by atoms with van der Waals surface area (Å²) >= 11 is 0. The zero-order valence-corrected chi connectivity index (χ0v) is 9.30. The molecule has 0 radical (unpaired) electrons. The van der Waals surface area contributed by atoms with Gasteiger partial charge in [0.15, 0.2) is 0 Å².